The Balaban J connectivity index is 0. The minimum atomic E-state index is -0.228. The molecule has 0 aliphatic heterocycles. The van der Waals surface area contributed by atoms with Gasteiger partial charge in [0.25, 0.3) is 0 Å². The quantitative estimate of drug-likeness (QED) is 0.616. The highest BCUT2D eigenvalue weighted by Crippen LogP contribution is 2.12. The van der Waals surface area contributed by atoms with Crippen LogP contribution in [0.5, 0.6) is 0 Å². The van der Waals surface area contributed by atoms with E-state index < -0.39 is 0 Å². The smallest absolute Gasteiger partial charge is 0.0649 e. The molecule has 0 aromatic heterocycles. The molecule has 0 atom stereocenters. The van der Waals surface area contributed by atoms with Crippen molar-refractivity contribution < 1.29 is 9.84 Å². The molecule has 0 spiro atoms. The van der Waals surface area contributed by atoms with Crippen LogP contribution in [0.3, 0.4) is 0 Å². The second kappa shape index (κ2) is 11.3. The van der Waals surface area contributed by atoms with Crippen LogP contribution in [0.1, 0.15) is 40.5 Å². The second-order valence-corrected chi connectivity index (χ2v) is 4.84. The normalized spacial score (nSPS) is 11.2. The number of hydrogen-bond acceptors (Lipinski definition) is 4. The molecule has 0 amide bonds. The summed E-state index contributed by atoms with van der Waals surface area (Å²) in [6.07, 6.45) is 1.81. The van der Waals surface area contributed by atoms with Crippen LogP contribution < -0.4 is 11.5 Å². The zero-order chi connectivity index (χ0) is 13.0. The number of rotatable bonds is 7. The van der Waals surface area contributed by atoms with Crippen molar-refractivity contribution >= 4 is 0 Å². The maximum absolute atomic E-state index is 8.59. The fraction of sp³-hybridized carbons (Fsp3) is 1.00. The van der Waals surface area contributed by atoms with Gasteiger partial charge in [-0.1, -0.05) is 13.8 Å². The molecule has 0 unspecified atom stereocenters. The lowest BCUT2D eigenvalue weighted by Gasteiger charge is -2.23. The van der Waals surface area contributed by atoms with E-state index in [0.717, 1.165) is 18.9 Å². The summed E-state index contributed by atoms with van der Waals surface area (Å²) in [5, 5.41) is 8.59. The molecule has 0 radical (unpaired) electrons. The zero-order valence-electron chi connectivity index (χ0n) is 11.3. The Bertz CT molecular complexity index is 139. The number of aliphatic hydroxyl groups is 1. The maximum Gasteiger partial charge on any atom is 0.0649 e. The van der Waals surface area contributed by atoms with Gasteiger partial charge in [-0.2, -0.15) is 0 Å². The molecule has 0 aliphatic rings. The van der Waals surface area contributed by atoms with E-state index in [1.807, 2.05) is 13.8 Å². The zero-order valence-corrected chi connectivity index (χ0v) is 11.3. The van der Waals surface area contributed by atoms with Crippen molar-refractivity contribution in [2.24, 2.45) is 17.4 Å². The van der Waals surface area contributed by atoms with E-state index in [1.54, 1.807) is 0 Å². The van der Waals surface area contributed by atoms with Crippen molar-refractivity contribution in [1.29, 1.82) is 0 Å². The first-order chi connectivity index (χ1) is 7.39. The van der Waals surface area contributed by atoms with Gasteiger partial charge in [-0.3, -0.25) is 0 Å². The van der Waals surface area contributed by atoms with Gasteiger partial charge in [0.15, 0.2) is 0 Å². The minimum Gasteiger partial charge on any atom is -0.396 e. The molecule has 100 valence electrons. The van der Waals surface area contributed by atoms with Crippen molar-refractivity contribution in [1.82, 2.24) is 0 Å². The van der Waals surface area contributed by atoms with Crippen LogP contribution in [-0.4, -0.2) is 37.0 Å². The second-order valence-electron chi connectivity index (χ2n) is 4.84. The lowest BCUT2D eigenvalue weighted by atomic mass is 10.1. The number of nitrogens with two attached hydrogens (primary N) is 2. The maximum atomic E-state index is 8.59. The topological polar surface area (TPSA) is 81.5 Å². The highest BCUT2D eigenvalue weighted by Gasteiger charge is 2.16. The SMILES string of the molecule is CC(C)(CCO)OCCN.CC(C)CCN. The molecule has 0 aromatic carbocycles. The third-order valence-electron chi connectivity index (χ3n) is 2.07. The molecule has 0 aromatic rings. The van der Waals surface area contributed by atoms with Crippen LogP contribution in [0.25, 0.3) is 0 Å². The van der Waals surface area contributed by atoms with E-state index >= 15 is 0 Å². The van der Waals surface area contributed by atoms with Crippen molar-refractivity contribution in [3.8, 4) is 0 Å². The van der Waals surface area contributed by atoms with Crippen LogP contribution in [0, 0.1) is 5.92 Å². The Morgan fingerprint density at radius 3 is 2.00 bits per heavy atom. The number of aliphatic hydroxyl groups excluding tert-OH is 1. The molecule has 0 heterocycles. The molecule has 0 rings (SSSR count). The average molecular weight is 234 g/mol. The molecule has 0 aliphatic carbocycles. The summed E-state index contributed by atoms with van der Waals surface area (Å²) < 4.78 is 5.33. The molecule has 5 N–H and O–H groups in total. The van der Waals surface area contributed by atoms with Gasteiger partial charge in [-0.05, 0) is 39.2 Å². The molecule has 0 saturated carbocycles. The van der Waals surface area contributed by atoms with E-state index in [9.17, 15) is 0 Å². The molecule has 4 nitrogen and oxygen atoms in total. The van der Waals surface area contributed by atoms with Gasteiger partial charge >= 0.3 is 0 Å². The summed E-state index contributed by atoms with van der Waals surface area (Å²) in [5.41, 5.74) is 10.2. The predicted molar refractivity (Wildman–Crippen MR) is 69.3 cm³/mol. The van der Waals surface area contributed by atoms with Crippen LogP contribution in [0.4, 0.5) is 0 Å². The minimum absolute atomic E-state index is 0.164. The van der Waals surface area contributed by atoms with Crippen molar-refractivity contribution in [3.63, 3.8) is 0 Å². The van der Waals surface area contributed by atoms with E-state index in [1.165, 1.54) is 0 Å². The van der Waals surface area contributed by atoms with Gasteiger partial charge < -0.3 is 21.3 Å². The molecular formula is C12H30N2O2. The van der Waals surface area contributed by atoms with E-state index in [0.29, 0.717) is 19.6 Å². The summed E-state index contributed by atoms with van der Waals surface area (Å²) in [6, 6.07) is 0. The van der Waals surface area contributed by atoms with Gasteiger partial charge in [0.05, 0.1) is 12.2 Å². The van der Waals surface area contributed by atoms with Gasteiger partial charge in [0, 0.05) is 13.2 Å². The first-order valence-electron chi connectivity index (χ1n) is 6.04. The first kappa shape index (κ1) is 18.2. The summed E-state index contributed by atoms with van der Waals surface area (Å²) in [5.74, 6) is 0.773. The fourth-order valence-electron chi connectivity index (χ4n) is 1.01. The highest BCUT2D eigenvalue weighted by molar-refractivity contribution is 4.67. The van der Waals surface area contributed by atoms with Gasteiger partial charge in [-0.25, -0.2) is 0 Å². The lowest BCUT2D eigenvalue weighted by Crippen LogP contribution is -2.28. The van der Waals surface area contributed by atoms with Crippen LogP contribution in [0.15, 0.2) is 0 Å². The van der Waals surface area contributed by atoms with Crippen molar-refractivity contribution in [2.75, 3.05) is 26.3 Å². The van der Waals surface area contributed by atoms with Crippen LogP contribution in [-0.2, 0) is 4.74 Å². The summed E-state index contributed by atoms with van der Waals surface area (Å²) in [6.45, 7) is 10.3. The molecule has 16 heavy (non-hydrogen) atoms. The standard InChI is InChI=1S/C7H17NO2.C5H13N/c1-7(2,3-5-9)10-6-4-8;1-5(2)3-4-6/h9H,3-6,8H2,1-2H3;5H,3-4,6H2,1-2H3. The lowest BCUT2D eigenvalue weighted by molar-refractivity contribution is -0.0285. The van der Waals surface area contributed by atoms with E-state index in [4.69, 9.17) is 21.3 Å². The third-order valence-corrected chi connectivity index (χ3v) is 2.07. The highest BCUT2D eigenvalue weighted by atomic mass is 16.5. The van der Waals surface area contributed by atoms with Crippen LogP contribution >= 0.6 is 0 Å². The molecule has 0 bridgehead atoms. The molecule has 0 fully saturated rings. The fourth-order valence-corrected chi connectivity index (χ4v) is 1.01. The van der Waals surface area contributed by atoms with Crippen molar-refractivity contribution in [2.45, 2.75) is 46.1 Å². The number of ether oxygens (including phenoxy) is 1. The first-order valence-corrected chi connectivity index (χ1v) is 6.04. The number of hydrogen-bond donors (Lipinski definition) is 3. The molecule has 4 heteroatoms. The summed E-state index contributed by atoms with van der Waals surface area (Å²) in [7, 11) is 0. The summed E-state index contributed by atoms with van der Waals surface area (Å²) >= 11 is 0. The summed E-state index contributed by atoms with van der Waals surface area (Å²) in [4.78, 5) is 0. The Hall–Kier alpha value is -0.160. The largest absolute Gasteiger partial charge is 0.396 e. The Morgan fingerprint density at radius 1 is 1.19 bits per heavy atom. The van der Waals surface area contributed by atoms with Gasteiger partial charge in [0.2, 0.25) is 0 Å². The molecular weight excluding hydrogens is 204 g/mol. The van der Waals surface area contributed by atoms with E-state index in [2.05, 4.69) is 13.8 Å². The van der Waals surface area contributed by atoms with Crippen molar-refractivity contribution in [3.05, 3.63) is 0 Å². The Labute approximate surface area is 100 Å². The average Bonchev–Trinajstić information content (AvgIpc) is 2.15. The third kappa shape index (κ3) is 16.3. The Kier molecular flexibility index (Phi) is 12.9. The van der Waals surface area contributed by atoms with Crippen LogP contribution in [0.2, 0.25) is 0 Å². The predicted octanol–water partition coefficient (Wildman–Crippen LogP) is 1.11. The molecule has 0 saturated heterocycles. The Morgan fingerprint density at radius 2 is 1.75 bits per heavy atom. The monoisotopic (exact) mass is 234 g/mol. The van der Waals surface area contributed by atoms with Gasteiger partial charge in [0.1, 0.15) is 0 Å². The van der Waals surface area contributed by atoms with E-state index in [-0.39, 0.29) is 12.2 Å². The van der Waals surface area contributed by atoms with Gasteiger partial charge in [-0.15, -0.1) is 0 Å².